The lowest BCUT2D eigenvalue weighted by atomic mass is 10.3. The minimum atomic E-state index is -0.301. The van der Waals surface area contributed by atoms with Crippen molar-refractivity contribution in [1.29, 1.82) is 0 Å². The number of nitrogens with one attached hydrogen (secondary N) is 1. The zero-order valence-corrected chi connectivity index (χ0v) is 7.70. The molecular weight excluding hydrogens is 168 g/mol. The lowest BCUT2D eigenvalue weighted by Crippen LogP contribution is -2.37. The number of nitrogens with zero attached hydrogens (tertiary/aromatic N) is 1. The van der Waals surface area contributed by atoms with E-state index < -0.39 is 0 Å². The molecule has 0 aromatic rings. The maximum atomic E-state index is 11.5. The van der Waals surface area contributed by atoms with Gasteiger partial charge in [0.25, 0.3) is 0 Å². The van der Waals surface area contributed by atoms with Crippen LogP contribution >= 0.6 is 0 Å². The second kappa shape index (κ2) is 3.64. The van der Waals surface area contributed by atoms with Crippen LogP contribution in [0.1, 0.15) is 19.3 Å². The highest BCUT2D eigenvalue weighted by Crippen LogP contribution is 2.18. The molecule has 2 N–H and O–H groups in total. The van der Waals surface area contributed by atoms with Gasteiger partial charge in [-0.05, 0) is 19.3 Å². The van der Waals surface area contributed by atoms with Crippen molar-refractivity contribution in [2.75, 3.05) is 19.6 Å². The van der Waals surface area contributed by atoms with Crippen molar-refractivity contribution in [2.24, 2.45) is 0 Å². The summed E-state index contributed by atoms with van der Waals surface area (Å²) < 4.78 is 0. The average Bonchev–Trinajstić information content (AvgIpc) is 2.84. The van der Waals surface area contributed by atoms with Crippen LogP contribution in [0, 0.1) is 0 Å². The Labute approximate surface area is 77.9 Å². The van der Waals surface area contributed by atoms with Crippen LogP contribution in [0.5, 0.6) is 0 Å². The van der Waals surface area contributed by atoms with Crippen LogP contribution in [0.4, 0.5) is 0 Å². The monoisotopic (exact) mass is 184 g/mol. The van der Waals surface area contributed by atoms with E-state index in [0.29, 0.717) is 25.7 Å². The Balaban J connectivity index is 1.69. The van der Waals surface area contributed by atoms with Crippen molar-refractivity contribution in [3.63, 3.8) is 0 Å². The molecule has 2 fully saturated rings. The van der Waals surface area contributed by atoms with Gasteiger partial charge >= 0.3 is 0 Å². The molecule has 0 unspecified atom stereocenters. The highest BCUT2D eigenvalue weighted by molar-refractivity contribution is 5.78. The normalized spacial score (nSPS) is 28.1. The van der Waals surface area contributed by atoms with Crippen molar-refractivity contribution < 1.29 is 9.90 Å². The van der Waals surface area contributed by atoms with Gasteiger partial charge in [0.05, 0.1) is 12.6 Å². The smallest absolute Gasteiger partial charge is 0.236 e. The Hall–Kier alpha value is -0.610. The van der Waals surface area contributed by atoms with Crippen LogP contribution in [-0.4, -0.2) is 47.7 Å². The highest BCUT2D eigenvalue weighted by Gasteiger charge is 2.26. The number of hydrogen-bond donors (Lipinski definition) is 2. The van der Waals surface area contributed by atoms with Gasteiger partial charge in [0.2, 0.25) is 5.91 Å². The van der Waals surface area contributed by atoms with Gasteiger partial charge in [-0.25, -0.2) is 0 Å². The number of aliphatic hydroxyl groups excluding tert-OH is 1. The number of aliphatic hydroxyl groups is 1. The average molecular weight is 184 g/mol. The van der Waals surface area contributed by atoms with Gasteiger partial charge in [0.15, 0.2) is 0 Å². The van der Waals surface area contributed by atoms with E-state index in [-0.39, 0.29) is 12.0 Å². The first kappa shape index (κ1) is 8.97. The number of amides is 1. The summed E-state index contributed by atoms with van der Waals surface area (Å²) in [6.07, 6.45) is 2.84. The fraction of sp³-hybridized carbons (Fsp3) is 0.889. The van der Waals surface area contributed by atoms with Gasteiger partial charge in [0, 0.05) is 19.1 Å². The van der Waals surface area contributed by atoms with E-state index >= 15 is 0 Å². The number of hydrogen-bond acceptors (Lipinski definition) is 3. The molecule has 1 atom stereocenters. The van der Waals surface area contributed by atoms with Gasteiger partial charge in [0.1, 0.15) is 0 Å². The molecule has 13 heavy (non-hydrogen) atoms. The Morgan fingerprint density at radius 2 is 2.23 bits per heavy atom. The predicted octanol–water partition coefficient (Wildman–Crippen LogP) is -0.668. The molecule has 74 valence electrons. The molecule has 1 aliphatic heterocycles. The number of rotatable bonds is 3. The summed E-state index contributed by atoms with van der Waals surface area (Å²) in [5.74, 6) is 0.128. The molecule has 4 nitrogen and oxygen atoms in total. The lowest BCUT2D eigenvalue weighted by Gasteiger charge is -2.15. The number of carbonyl (C=O) groups excluding carboxylic acids is 1. The first-order chi connectivity index (χ1) is 6.25. The summed E-state index contributed by atoms with van der Waals surface area (Å²) in [7, 11) is 0. The molecule has 0 radical (unpaired) electrons. The zero-order valence-electron chi connectivity index (χ0n) is 7.70. The molecule has 0 bridgehead atoms. The van der Waals surface area contributed by atoms with Gasteiger partial charge in [-0.1, -0.05) is 0 Å². The summed E-state index contributed by atoms with van der Waals surface area (Å²) in [6.45, 7) is 1.68. The molecule has 1 saturated heterocycles. The summed E-state index contributed by atoms with van der Waals surface area (Å²) in [6, 6.07) is 0.580. The minimum absolute atomic E-state index is 0.128. The molecule has 0 aromatic carbocycles. The van der Waals surface area contributed by atoms with Gasteiger partial charge < -0.3 is 15.3 Å². The quantitative estimate of drug-likeness (QED) is 0.611. The molecule has 0 aromatic heterocycles. The minimum Gasteiger partial charge on any atom is -0.391 e. The van der Waals surface area contributed by atoms with E-state index in [1.807, 2.05) is 0 Å². The molecule has 2 aliphatic rings. The Bertz CT molecular complexity index is 204. The Kier molecular flexibility index (Phi) is 2.51. The first-order valence-corrected chi connectivity index (χ1v) is 4.95. The van der Waals surface area contributed by atoms with E-state index in [9.17, 15) is 9.90 Å². The zero-order chi connectivity index (χ0) is 9.26. The van der Waals surface area contributed by atoms with Crippen LogP contribution in [0.15, 0.2) is 0 Å². The van der Waals surface area contributed by atoms with Crippen molar-refractivity contribution in [2.45, 2.75) is 31.4 Å². The fourth-order valence-corrected chi connectivity index (χ4v) is 1.60. The number of β-amino-alcohol motifs (C(OH)–C–C–N with tert-alkyl or cyclic N) is 1. The second-order valence-corrected chi connectivity index (χ2v) is 3.94. The molecule has 4 heteroatoms. The van der Waals surface area contributed by atoms with Crippen molar-refractivity contribution >= 4 is 5.91 Å². The Morgan fingerprint density at radius 3 is 2.77 bits per heavy atom. The molecular formula is C9H16N2O2. The third-order valence-electron chi connectivity index (χ3n) is 2.64. The van der Waals surface area contributed by atoms with Crippen molar-refractivity contribution in [3.8, 4) is 0 Å². The maximum absolute atomic E-state index is 11.5. The highest BCUT2D eigenvalue weighted by atomic mass is 16.3. The summed E-state index contributed by atoms with van der Waals surface area (Å²) in [5.41, 5.74) is 0. The van der Waals surface area contributed by atoms with Crippen LogP contribution in [0.3, 0.4) is 0 Å². The Morgan fingerprint density at radius 1 is 1.46 bits per heavy atom. The molecule has 1 saturated carbocycles. The van der Waals surface area contributed by atoms with E-state index in [2.05, 4.69) is 5.32 Å². The van der Waals surface area contributed by atoms with Crippen molar-refractivity contribution in [1.82, 2.24) is 10.2 Å². The predicted molar refractivity (Wildman–Crippen MR) is 48.2 cm³/mol. The summed E-state index contributed by atoms with van der Waals surface area (Å²) in [4.78, 5) is 13.2. The third-order valence-corrected chi connectivity index (χ3v) is 2.64. The lowest BCUT2D eigenvalue weighted by molar-refractivity contribution is -0.129. The number of carbonyl (C=O) groups is 1. The fourth-order valence-electron chi connectivity index (χ4n) is 1.60. The first-order valence-electron chi connectivity index (χ1n) is 4.95. The summed E-state index contributed by atoms with van der Waals surface area (Å²) in [5, 5.41) is 12.4. The van der Waals surface area contributed by atoms with Gasteiger partial charge in [-0.2, -0.15) is 0 Å². The third kappa shape index (κ3) is 2.42. The summed E-state index contributed by atoms with van der Waals surface area (Å²) >= 11 is 0. The molecule has 1 aliphatic carbocycles. The standard InChI is InChI=1S/C9H16N2O2/c12-8-3-4-11(6-8)9(13)5-10-7-1-2-7/h7-8,10,12H,1-6H2/t8-/m1/s1. The molecule has 0 spiro atoms. The van der Waals surface area contributed by atoms with E-state index in [1.54, 1.807) is 4.90 Å². The van der Waals surface area contributed by atoms with Gasteiger partial charge in [-0.15, -0.1) is 0 Å². The van der Waals surface area contributed by atoms with E-state index in [0.717, 1.165) is 6.42 Å². The van der Waals surface area contributed by atoms with Crippen LogP contribution in [0.2, 0.25) is 0 Å². The van der Waals surface area contributed by atoms with Gasteiger partial charge in [-0.3, -0.25) is 4.79 Å². The second-order valence-electron chi connectivity index (χ2n) is 3.94. The van der Waals surface area contributed by atoms with E-state index in [1.165, 1.54) is 12.8 Å². The molecule has 1 amide bonds. The molecule has 2 rings (SSSR count). The largest absolute Gasteiger partial charge is 0.391 e. The van der Waals surface area contributed by atoms with E-state index in [4.69, 9.17) is 0 Å². The van der Waals surface area contributed by atoms with Crippen LogP contribution in [-0.2, 0) is 4.79 Å². The number of likely N-dealkylation sites (tertiary alicyclic amines) is 1. The van der Waals surface area contributed by atoms with Crippen LogP contribution < -0.4 is 5.32 Å². The van der Waals surface area contributed by atoms with Crippen LogP contribution in [0.25, 0.3) is 0 Å². The maximum Gasteiger partial charge on any atom is 0.236 e. The SMILES string of the molecule is O=C(CNC1CC1)N1CC[C@@H](O)C1. The molecule has 1 heterocycles. The topological polar surface area (TPSA) is 52.6 Å². The van der Waals surface area contributed by atoms with Crippen molar-refractivity contribution in [3.05, 3.63) is 0 Å².